The molecule has 1 N–H and O–H groups in total. The second-order valence-electron chi connectivity index (χ2n) is 7.43. The number of carbonyl (C=O) groups is 1. The highest BCUT2D eigenvalue weighted by molar-refractivity contribution is 5.92. The van der Waals surface area contributed by atoms with E-state index < -0.39 is 0 Å². The van der Waals surface area contributed by atoms with Gasteiger partial charge in [0.2, 0.25) is 0 Å². The van der Waals surface area contributed by atoms with Crippen molar-refractivity contribution in [2.45, 2.75) is 43.9 Å². The molecule has 1 aromatic rings. The molecule has 3 fully saturated rings. The van der Waals surface area contributed by atoms with Crippen LogP contribution in [0.3, 0.4) is 0 Å². The number of ether oxygens (including phenoxy) is 3. The van der Waals surface area contributed by atoms with Crippen LogP contribution in [0, 0.1) is 5.92 Å². The Kier molecular flexibility index (Phi) is 5.05. The van der Waals surface area contributed by atoms with E-state index in [1.807, 2.05) is 18.2 Å². The van der Waals surface area contributed by atoms with E-state index in [0.717, 1.165) is 37.9 Å². The van der Waals surface area contributed by atoms with Crippen molar-refractivity contribution in [3.8, 4) is 11.5 Å². The standard InChI is InChI=1S/C20H28N2O4/c1-24-16-8-7-15(11-17(16)25-2)22(14-5-6-14)19(13-3-4-13)20(23)18-12-21-9-10-26-18/h7-8,11,13-14,18-19,21H,3-6,9-10,12H2,1-2H3/t18-,19?/m1/s1. The molecular formula is C20H28N2O4. The van der Waals surface area contributed by atoms with Gasteiger partial charge in [-0.05, 0) is 43.7 Å². The van der Waals surface area contributed by atoms with Gasteiger partial charge in [-0.3, -0.25) is 4.79 Å². The summed E-state index contributed by atoms with van der Waals surface area (Å²) in [4.78, 5) is 15.7. The predicted molar refractivity (Wildman–Crippen MR) is 99.2 cm³/mol. The molecule has 0 bridgehead atoms. The molecule has 1 heterocycles. The van der Waals surface area contributed by atoms with Gasteiger partial charge in [0.1, 0.15) is 6.10 Å². The molecule has 1 saturated heterocycles. The summed E-state index contributed by atoms with van der Waals surface area (Å²) in [7, 11) is 3.29. The second kappa shape index (κ2) is 7.45. The van der Waals surface area contributed by atoms with Gasteiger partial charge in [-0.2, -0.15) is 0 Å². The molecule has 1 aliphatic heterocycles. The second-order valence-corrected chi connectivity index (χ2v) is 7.43. The number of hydrogen-bond donors (Lipinski definition) is 1. The third-order valence-corrected chi connectivity index (χ3v) is 5.51. The summed E-state index contributed by atoms with van der Waals surface area (Å²) in [6.45, 7) is 2.04. The van der Waals surface area contributed by atoms with E-state index in [0.29, 0.717) is 36.6 Å². The number of morpholine rings is 1. The average molecular weight is 360 g/mol. The fourth-order valence-corrected chi connectivity index (χ4v) is 3.88. The zero-order valence-electron chi connectivity index (χ0n) is 15.6. The molecule has 2 saturated carbocycles. The number of nitrogens with one attached hydrogen (secondary N) is 1. The van der Waals surface area contributed by atoms with E-state index in [-0.39, 0.29) is 17.9 Å². The van der Waals surface area contributed by atoms with E-state index >= 15 is 0 Å². The Balaban J connectivity index is 1.64. The number of rotatable bonds is 8. The minimum Gasteiger partial charge on any atom is -0.493 e. The van der Waals surface area contributed by atoms with Crippen molar-refractivity contribution in [3.05, 3.63) is 18.2 Å². The molecule has 6 heteroatoms. The maximum Gasteiger partial charge on any atom is 0.185 e. The van der Waals surface area contributed by atoms with Crippen molar-refractivity contribution in [3.63, 3.8) is 0 Å². The van der Waals surface area contributed by atoms with Crippen molar-refractivity contribution < 1.29 is 19.0 Å². The van der Waals surface area contributed by atoms with Gasteiger partial charge in [0, 0.05) is 30.9 Å². The summed E-state index contributed by atoms with van der Waals surface area (Å²) in [6, 6.07) is 6.29. The van der Waals surface area contributed by atoms with Gasteiger partial charge in [-0.1, -0.05) is 0 Å². The monoisotopic (exact) mass is 360 g/mol. The maximum atomic E-state index is 13.3. The molecule has 142 valence electrons. The molecule has 0 aromatic heterocycles. The van der Waals surface area contributed by atoms with Gasteiger partial charge in [0.15, 0.2) is 17.3 Å². The van der Waals surface area contributed by atoms with Crippen LogP contribution in [0.15, 0.2) is 18.2 Å². The van der Waals surface area contributed by atoms with Crippen LogP contribution >= 0.6 is 0 Å². The number of hydrogen-bond acceptors (Lipinski definition) is 6. The zero-order valence-corrected chi connectivity index (χ0v) is 15.6. The number of methoxy groups -OCH3 is 2. The van der Waals surface area contributed by atoms with Crippen molar-refractivity contribution in [1.29, 1.82) is 0 Å². The van der Waals surface area contributed by atoms with E-state index in [1.165, 1.54) is 0 Å². The molecule has 0 spiro atoms. The molecule has 0 amide bonds. The van der Waals surface area contributed by atoms with Gasteiger partial charge < -0.3 is 24.4 Å². The van der Waals surface area contributed by atoms with Gasteiger partial charge in [-0.15, -0.1) is 0 Å². The number of benzene rings is 1. The van der Waals surface area contributed by atoms with Gasteiger partial charge in [-0.25, -0.2) is 0 Å². The summed E-state index contributed by atoms with van der Waals surface area (Å²) in [6.07, 6.45) is 4.17. The van der Waals surface area contributed by atoms with Crippen LogP contribution in [0.2, 0.25) is 0 Å². The molecule has 1 aromatic carbocycles. The van der Waals surface area contributed by atoms with Crippen LogP contribution in [0.5, 0.6) is 11.5 Å². The minimum absolute atomic E-state index is 0.106. The molecule has 6 nitrogen and oxygen atoms in total. The van der Waals surface area contributed by atoms with Crippen LogP contribution in [0.25, 0.3) is 0 Å². The lowest BCUT2D eigenvalue weighted by Crippen LogP contribution is -2.53. The lowest BCUT2D eigenvalue weighted by molar-refractivity contribution is -0.133. The Morgan fingerprint density at radius 3 is 2.54 bits per heavy atom. The molecular weight excluding hydrogens is 332 g/mol. The highest BCUT2D eigenvalue weighted by atomic mass is 16.5. The van der Waals surface area contributed by atoms with Crippen LogP contribution in [-0.2, 0) is 9.53 Å². The van der Waals surface area contributed by atoms with E-state index in [9.17, 15) is 4.79 Å². The molecule has 26 heavy (non-hydrogen) atoms. The Morgan fingerprint density at radius 2 is 1.96 bits per heavy atom. The van der Waals surface area contributed by atoms with Crippen LogP contribution in [0.4, 0.5) is 5.69 Å². The highest BCUT2D eigenvalue weighted by Crippen LogP contribution is 2.44. The number of anilines is 1. The van der Waals surface area contributed by atoms with E-state index in [4.69, 9.17) is 14.2 Å². The zero-order chi connectivity index (χ0) is 18.1. The quantitative estimate of drug-likeness (QED) is 0.765. The smallest absolute Gasteiger partial charge is 0.185 e. The first kappa shape index (κ1) is 17.6. The topological polar surface area (TPSA) is 60.0 Å². The van der Waals surface area contributed by atoms with Crippen molar-refractivity contribution in [2.24, 2.45) is 5.92 Å². The van der Waals surface area contributed by atoms with Crippen LogP contribution in [0.1, 0.15) is 25.7 Å². The first-order valence-electron chi connectivity index (χ1n) is 9.59. The largest absolute Gasteiger partial charge is 0.493 e. The average Bonchev–Trinajstić information content (AvgIpc) is 3.59. The van der Waals surface area contributed by atoms with E-state index in [2.05, 4.69) is 10.2 Å². The van der Waals surface area contributed by atoms with E-state index in [1.54, 1.807) is 14.2 Å². The third kappa shape index (κ3) is 3.53. The minimum atomic E-state index is -0.337. The van der Waals surface area contributed by atoms with Crippen molar-refractivity contribution in [1.82, 2.24) is 5.32 Å². The third-order valence-electron chi connectivity index (χ3n) is 5.51. The first-order valence-corrected chi connectivity index (χ1v) is 9.59. The SMILES string of the molecule is COc1ccc(N(C2CC2)C(C(=O)[C@H]2CNCCO2)C2CC2)cc1OC. The van der Waals surface area contributed by atoms with Crippen LogP contribution in [-0.4, -0.2) is 57.9 Å². The van der Waals surface area contributed by atoms with Gasteiger partial charge in [0.05, 0.1) is 26.9 Å². The summed E-state index contributed by atoms with van der Waals surface area (Å²) < 4.78 is 16.6. The summed E-state index contributed by atoms with van der Waals surface area (Å²) in [5.74, 6) is 2.07. The molecule has 1 unspecified atom stereocenters. The first-order chi connectivity index (χ1) is 12.7. The van der Waals surface area contributed by atoms with Crippen LogP contribution < -0.4 is 19.7 Å². The fourth-order valence-electron chi connectivity index (χ4n) is 3.88. The lowest BCUT2D eigenvalue weighted by atomic mass is 9.99. The normalized spacial score (nSPS) is 24.0. The summed E-state index contributed by atoms with van der Waals surface area (Å²) in [5.41, 5.74) is 1.04. The number of ketones is 1. The van der Waals surface area contributed by atoms with Gasteiger partial charge >= 0.3 is 0 Å². The maximum absolute atomic E-state index is 13.3. The Hall–Kier alpha value is -1.79. The molecule has 2 aliphatic carbocycles. The Labute approximate surface area is 154 Å². The summed E-state index contributed by atoms with van der Waals surface area (Å²) in [5, 5.41) is 3.29. The molecule has 0 radical (unpaired) electrons. The molecule has 3 aliphatic rings. The van der Waals surface area contributed by atoms with Crippen molar-refractivity contribution in [2.75, 3.05) is 38.8 Å². The lowest BCUT2D eigenvalue weighted by Gasteiger charge is -2.36. The molecule has 4 rings (SSSR count). The molecule has 2 atom stereocenters. The van der Waals surface area contributed by atoms with Gasteiger partial charge in [0.25, 0.3) is 0 Å². The number of carbonyl (C=O) groups excluding carboxylic acids is 1. The number of Topliss-reactive ketones (excluding diaryl/α,β-unsaturated/α-hetero) is 1. The fraction of sp³-hybridized carbons (Fsp3) is 0.650. The predicted octanol–water partition coefficient (Wildman–Crippen LogP) is 2.01. The van der Waals surface area contributed by atoms with Crippen molar-refractivity contribution >= 4 is 11.5 Å². The Bertz CT molecular complexity index is 651. The summed E-state index contributed by atoms with van der Waals surface area (Å²) >= 11 is 0. The highest BCUT2D eigenvalue weighted by Gasteiger charge is 2.47. The Morgan fingerprint density at radius 1 is 1.19 bits per heavy atom. The number of nitrogens with zero attached hydrogens (tertiary/aromatic N) is 1.